The van der Waals surface area contributed by atoms with Gasteiger partial charge in [0.25, 0.3) is 0 Å². The third-order valence-electron chi connectivity index (χ3n) is 6.30. The zero-order valence-corrected chi connectivity index (χ0v) is 18.2. The van der Waals surface area contributed by atoms with Crippen LogP contribution in [0.15, 0.2) is 78.9 Å². The molecule has 0 aromatic heterocycles. The molecule has 0 radical (unpaired) electrons. The van der Waals surface area contributed by atoms with Gasteiger partial charge < -0.3 is 9.47 Å². The average Bonchev–Trinajstić information content (AvgIpc) is 3.23. The van der Waals surface area contributed by atoms with Crippen molar-refractivity contribution in [2.75, 3.05) is 19.7 Å². The quantitative estimate of drug-likeness (QED) is 0.493. The summed E-state index contributed by atoms with van der Waals surface area (Å²) in [5.41, 5.74) is 5.97. The van der Waals surface area contributed by atoms with E-state index in [1.165, 1.54) is 22.3 Å². The molecule has 5 rings (SSSR count). The maximum atomic E-state index is 6.59. The summed E-state index contributed by atoms with van der Waals surface area (Å²) in [5, 5.41) is 0. The molecule has 3 aromatic carbocycles. The van der Waals surface area contributed by atoms with Gasteiger partial charge in [-0.15, -0.1) is 0 Å². The van der Waals surface area contributed by atoms with Crippen molar-refractivity contribution in [2.45, 2.75) is 32.1 Å². The fraction of sp³-hybridized carbons (Fsp3) is 0.286. The molecule has 2 aliphatic rings. The lowest BCUT2D eigenvalue weighted by Crippen LogP contribution is -2.42. The Bertz CT molecular complexity index is 1070. The Kier molecular flexibility index (Phi) is 5.63. The van der Waals surface area contributed by atoms with Crippen LogP contribution in [-0.2, 0) is 4.74 Å². The number of benzene rings is 3. The van der Waals surface area contributed by atoms with Crippen molar-refractivity contribution >= 4 is 6.08 Å². The van der Waals surface area contributed by atoms with Gasteiger partial charge in [-0.2, -0.15) is 0 Å². The van der Waals surface area contributed by atoms with Crippen LogP contribution in [0, 0.1) is 0 Å². The SMILES string of the molecule is CC(C)N1CCOC(c2cc(-c3ccccc3)ccc2OC2C=Cc3ccccc32)C1. The highest BCUT2D eigenvalue weighted by Gasteiger charge is 2.28. The second-order valence-electron chi connectivity index (χ2n) is 8.59. The molecule has 1 aliphatic carbocycles. The molecule has 0 bridgehead atoms. The molecule has 158 valence electrons. The molecule has 2 atom stereocenters. The summed E-state index contributed by atoms with van der Waals surface area (Å²) in [5.74, 6) is 0.904. The second-order valence-corrected chi connectivity index (χ2v) is 8.59. The Morgan fingerprint density at radius 3 is 2.55 bits per heavy atom. The van der Waals surface area contributed by atoms with Gasteiger partial charge in [0.2, 0.25) is 0 Å². The Labute approximate surface area is 184 Å². The fourth-order valence-electron chi connectivity index (χ4n) is 4.50. The van der Waals surface area contributed by atoms with Gasteiger partial charge in [0.15, 0.2) is 0 Å². The first kappa shape index (κ1) is 20.0. The van der Waals surface area contributed by atoms with Gasteiger partial charge in [-0.3, -0.25) is 4.90 Å². The number of hydrogen-bond donors (Lipinski definition) is 0. The van der Waals surface area contributed by atoms with Crippen LogP contribution in [0.5, 0.6) is 5.75 Å². The van der Waals surface area contributed by atoms with E-state index in [0.29, 0.717) is 6.04 Å². The molecule has 1 heterocycles. The van der Waals surface area contributed by atoms with Crippen LogP contribution >= 0.6 is 0 Å². The van der Waals surface area contributed by atoms with Gasteiger partial charge >= 0.3 is 0 Å². The summed E-state index contributed by atoms with van der Waals surface area (Å²) in [6.45, 7) is 7.09. The molecule has 3 aromatic rings. The first-order valence-corrected chi connectivity index (χ1v) is 11.2. The van der Waals surface area contributed by atoms with Gasteiger partial charge in [-0.05, 0) is 48.7 Å². The Morgan fingerprint density at radius 2 is 1.71 bits per heavy atom. The van der Waals surface area contributed by atoms with E-state index in [4.69, 9.17) is 9.47 Å². The molecule has 1 aliphatic heterocycles. The smallest absolute Gasteiger partial charge is 0.143 e. The lowest BCUT2D eigenvalue weighted by molar-refractivity contribution is -0.0414. The highest BCUT2D eigenvalue weighted by Crippen LogP contribution is 2.39. The van der Waals surface area contributed by atoms with Crippen LogP contribution < -0.4 is 4.74 Å². The van der Waals surface area contributed by atoms with Crippen molar-refractivity contribution in [2.24, 2.45) is 0 Å². The van der Waals surface area contributed by atoms with E-state index in [0.717, 1.165) is 31.0 Å². The molecule has 1 fully saturated rings. The van der Waals surface area contributed by atoms with Gasteiger partial charge in [-0.25, -0.2) is 0 Å². The van der Waals surface area contributed by atoms with Gasteiger partial charge in [0, 0.05) is 30.3 Å². The molecule has 0 amide bonds. The van der Waals surface area contributed by atoms with Crippen molar-refractivity contribution in [1.29, 1.82) is 0 Å². The normalized spacial score (nSPS) is 20.7. The maximum Gasteiger partial charge on any atom is 0.143 e. The topological polar surface area (TPSA) is 21.7 Å². The Morgan fingerprint density at radius 1 is 0.903 bits per heavy atom. The third kappa shape index (κ3) is 4.16. The van der Waals surface area contributed by atoms with E-state index >= 15 is 0 Å². The monoisotopic (exact) mass is 411 g/mol. The van der Waals surface area contributed by atoms with Crippen LogP contribution in [0.3, 0.4) is 0 Å². The van der Waals surface area contributed by atoms with Gasteiger partial charge in [0.1, 0.15) is 11.9 Å². The maximum absolute atomic E-state index is 6.59. The summed E-state index contributed by atoms with van der Waals surface area (Å²) >= 11 is 0. The zero-order chi connectivity index (χ0) is 21.2. The van der Waals surface area contributed by atoms with Crippen molar-refractivity contribution < 1.29 is 9.47 Å². The van der Waals surface area contributed by atoms with Crippen LogP contribution in [0.2, 0.25) is 0 Å². The number of rotatable bonds is 5. The minimum atomic E-state index is -0.0673. The molecule has 1 saturated heterocycles. The van der Waals surface area contributed by atoms with Crippen LogP contribution in [0.1, 0.15) is 42.7 Å². The van der Waals surface area contributed by atoms with E-state index < -0.39 is 0 Å². The van der Waals surface area contributed by atoms with E-state index in [1.807, 2.05) is 0 Å². The summed E-state index contributed by atoms with van der Waals surface area (Å²) in [7, 11) is 0. The molecular weight excluding hydrogens is 382 g/mol. The summed E-state index contributed by atoms with van der Waals surface area (Å²) in [6.07, 6.45) is 4.22. The van der Waals surface area contributed by atoms with Gasteiger partial charge in [-0.1, -0.05) is 66.7 Å². The first-order chi connectivity index (χ1) is 15.2. The highest BCUT2D eigenvalue weighted by molar-refractivity contribution is 5.66. The van der Waals surface area contributed by atoms with Crippen LogP contribution in [0.4, 0.5) is 0 Å². The van der Waals surface area contributed by atoms with Crippen molar-refractivity contribution in [3.63, 3.8) is 0 Å². The van der Waals surface area contributed by atoms with Crippen molar-refractivity contribution in [1.82, 2.24) is 4.90 Å². The number of nitrogens with zero attached hydrogens (tertiary/aromatic N) is 1. The summed E-state index contributed by atoms with van der Waals surface area (Å²) < 4.78 is 12.9. The average molecular weight is 412 g/mol. The second kappa shape index (κ2) is 8.70. The van der Waals surface area contributed by atoms with Gasteiger partial charge in [0.05, 0.1) is 12.7 Å². The number of fused-ring (bicyclic) bond motifs is 1. The zero-order valence-electron chi connectivity index (χ0n) is 18.2. The number of morpholine rings is 1. The molecule has 31 heavy (non-hydrogen) atoms. The van der Waals surface area contributed by atoms with Crippen LogP contribution in [-0.4, -0.2) is 30.6 Å². The minimum Gasteiger partial charge on any atom is -0.481 e. The highest BCUT2D eigenvalue weighted by atomic mass is 16.5. The molecule has 2 unspecified atom stereocenters. The van der Waals surface area contributed by atoms with E-state index in [-0.39, 0.29) is 12.2 Å². The van der Waals surface area contributed by atoms with Crippen molar-refractivity contribution in [3.8, 4) is 16.9 Å². The van der Waals surface area contributed by atoms with Crippen molar-refractivity contribution in [3.05, 3.63) is 95.6 Å². The fourth-order valence-corrected chi connectivity index (χ4v) is 4.50. The first-order valence-electron chi connectivity index (χ1n) is 11.2. The lowest BCUT2D eigenvalue weighted by Gasteiger charge is -2.36. The predicted octanol–water partition coefficient (Wildman–Crippen LogP) is 6.28. The minimum absolute atomic E-state index is 0.00422. The molecule has 3 nitrogen and oxygen atoms in total. The molecule has 0 spiro atoms. The molecule has 0 N–H and O–H groups in total. The van der Waals surface area contributed by atoms with E-state index in [9.17, 15) is 0 Å². The molecular formula is C28H29NO2. The number of ether oxygens (including phenoxy) is 2. The van der Waals surface area contributed by atoms with Crippen LogP contribution in [0.25, 0.3) is 17.2 Å². The summed E-state index contributed by atoms with van der Waals surface area (Å²) in [6, 6.07) is 26.0. The Balaban J connectivity index is 1.50. The predicted molar refractivity (Wildman–Crippen MR) is 126 cm³/mol. The largest absolute Gasteiger partial charge is 0.481 e. The molecule has 3 heteroatoms. The number of hydrogen-bond acceptors (Lipinski definition) is 3. The summed E-state index contributed by atoms with van der Waals surface area (Å²) in [4.78, 5) is 2.48. The lowest BCUT2D eigenvalue weighted by atomic mass is 9.98. The Hall–Kier alpha value is -2.88. The molecule has 0 saturated carbocycles. The van der Waals surface area contributed by atoms with E-state index in [2.05, 4.69) is 104 Å². The third-order valence-corrected chi connectivity index (χ3v) is 6.30. The standard InChI is InChI=1S/C28H29NO2/c1-20(2)29-16-17-30-28(19-29)25-18-23(21-8-4-3-5-9-21)13-15-27(25)31-26-14-12-22-10-6-7-11-24(22)26/h3-15,18,20,26,28H,16-17,19H2,1-2H3. The van der Waals surface area contributed by atoms with E-state index in [1.54, 1.807) is 0 Å².